The summed E-state index contributed by atoms with van der Waals surface area (Å²) in [5.74, 6) is -0.710. The van der Waals surface area contributed by atoms with Gasteiger partial charge in [-0.05, 0) is 17.7 Å². The Hall–Kier alpha value is -3.46. The zero-order valence-electron chi connectivity index (χ0n) is 11.2. The van der Waals surface area contributed by atoms with Crippen molar-refractivity contribution in [3.63, 3.8) is 0 Å². The molecular weight excluding hydrogens is 313 g/mol. The Morgan fingerprint density at radius 1 is 1.09 bits per heavy atom. The van der Waals surface area contributed by atoms with Crippen LogP contribution >= 0.6 is 0 Å². The van der Waals surface area contributed by atoms with Gasteiger partial charge < -0.3 is 15.5 Å². The van der Waals surface area contributed by atoms with Gasteiger partial charge in [-0.2, -0.15) is 10.5 Å². The molecule has 2 rings (SSSR count). The van der Waals surface area contributed by atoms with Gasteiger partial charge in [-0.1, -0.05) is 12.1 Å². The second-order valence-corrected chi connectivity index (χ2v) is 4.29. The Morgan fingerprint density at radius 3 is 2.13 bits per heavy atom. The third kappa shape index (κ3) is 3.24. The maximum atomic E-state index is 12.1. The number of hydrogen-bond acceptors (Lipinski definition) is 5. The van der Waals surface area contributed by atoms with Crippen LogP contribution in [0.3, 0.4) is 0 Å². The van der Waals surface area contributed by atoms with E-state index >= 15 is 0 Å². The Bertz CT molecular complexity index is 887. The van der Waals surface area contributed by atoms with Gasteiger partial charge in [0.05, 0.1) is 0 Å². The number of aromatic amines is 1. The van der Waals surface area contributed by atoms with Crippen LogP contribution in [0.25, 0.3) is 11.1 Å². The van der Waals surface area contributed by atoms with Crippen molar-refractivity contribution in [2.75, 3.05) is 5.73 Å². The summed E-state index contributed by atoms with van der Waals surface area (Å²) in [6.45, 7) is 0. The SMILES string of the molecule is N#Cc1c(N)[nH]c(=O)c(C#N)c1-c1ccc(OC(F)(F)F)cc1. The molecule has 0 aliphatic carbocycles. The number of H-pyrrole nitrogens is 1. The van der Waals surface area contributed by atoms with Gasteiger partial charge in [0.25, 0.3) is 5.56 Å². The van der Waals surface area contributed by atoms with Crippen LogP contribution in [0.4, 0.5) is 19.0 Å². The predicted octanol–water partition coefficient (Wildman–Crippen LogP) is 2.27. The van der Waals surface area contributed by atoms with Crippen LogP contribution in [0.15, 0.2) is 29.1 Å². The van der Waals surface area contributed by atoms with Crippen molar-refractivity contribution in [2.45, 2.75) is 6.36 Å². The van der Waals surface area contributed by atoms with E-state index in [9.17, 15) is 18.0 Å². The molecule has 0 aliphatic heterocycles. The molecule has 1 aromatic heterocycles. The van der Waals surface area contributed by atoms with Gasteiger partial charge in [-0.15, -0.1) is 13.2 Å². The average Bonchev–Trinajstić information content (AvgIpc) is 2.46. The maximum Gasteiger partial charge on any atom is 0.573 e. The van der Waals surface area contributed by atoms with Crippen LogP contribution in [0, 0.1) is 22.7 Å². The van der Waals surface area contributed by atoms with Crippen molar-refractivity contribution in [1.82, 2.24) is 4.98 Å². The molecule has 1 aromatic carbocycles. The van der Waals surface area contributed by atoms with Crippen molar-refractivity contribution < 1.29 is 17.9 Å². The summed E-state index contributed by atoms with van der Waals surface area (Å²) in [5, 5.41) is 18.2. The average molecular weight is 320 g/mol. The predicted molar refractivity (Wildman–Crippen MR) is 73.0 cm³/mol. The lowest BCUT2D eigenvalue weighted by atomic mass is 9.97. The van der Waals surface area contributed by atoms with Crippen LogP contribution in [0.5, 0.6) is 5.75 Å². The molecule has 0 saturated carbocycles. The molecule has 0 bridgehead atoms. The molecule has 0 aliphatic rings. The van der Waals surface area contributed by atoms with Gasteiger partial charge in [0.2, 0.25) is 0 Å². The fourth-order valence-corrected chi connectivity index (χ4v) is 1.96. The second-order valence-electron chi connectivity index (χ2n) is 4.29. The normalized spacial score (nSPS) is 10.7. The summed E-state index contributed by atoms with van der Waals surface area (Å²) in [4.78, 5) is 13.9. The highest BCUT2D eigenvalue weighted by Crippen LogP contribution is 2.30. The lowest BCUT2D eigenvalue weighted by Gasteiger charge is -2.11. The standard InChI is InChI=1S/C14H7F3N4O2/c15-14(16,17)23-8-3-1-7(2-4-8)11-9(5-18)12(20)21-13(22)10(11)6-19/h1-4H,(H3,20,21,22). The Labute approximate surface area is 127 Å². The molecule has 0 atom stereocenters. The molecule has 9 heteroatoms. The number of alkyl halides is 3. The molecule has 116 valence electrons. The van der Waals surface area contributed by atoms with Crippen molar-refractivity contribution in [2.24, 2.45) is 0 Å². The summed E-state index contributed by atoms with van der Waals surface area (Å²) >= 11 is 0. The largest absolute Gasteiger partial charge is 0.573 e. The molecule has 3 N–H and O–H groups in total. The van der Waals surface area contributed by atoms with E-state index in [4.69, 9.17) is 16.3 Å². The maximum absolute atomic E-state index is 12.1. The number of benzene rings is 1. The number of aromatic nitrogens is 1. The molecule has 0 amide bonds. The Kier molecular flexibility index (Phi) is 3.97. The van der Waals surface area contributed by atoms with E-state index < -0.39 is 17.7 Å². The number of nitrogens with zero attached hydrogens (tertiary/aromatic N) is 2. The van der Waals surface area contributed by atoms with Crippen LogP contribution in [0.2, 0.25) is 0 Å². The van der Waals surface area contributed by atoms with E-state index in [0.717, 1.165) is 12.1 Å². The fourth-order valence-electron chi connectivity index (χ4n) is 1.96. The van der Waals surface area contributed by atoms with E-state index in [1.807, 2.05) is 0 Å². The minimum atomic E-state index is -4.84. The number of rotatable bonds is 2. The molecule has 0 unspecified atom stereocenters. The Balaban J connectivity index is 2.61. The highest BCUT2D eigenvalue weighted by Gasteiger charge is 2.31. The van der Waals surface area contributed by atoms with Gasteiger partial charge >= 0.3 is 6.36 Å². The highest BCUT2D eigenvalue weighted by molar-refractivity contribution is 5.80. The summed E-state index contributed by atoms with van der Waals surface area (Å²) < 4.78 is 40.1. The summed E-state index contributed by atoms with van der Waals surface area (Å²) in [6.07, 6.45) is -4.84. The number of nitrogens with two attached hydrogens (primary N) is 1. The first-order chi connectivity index (χ1) is 10.8. The smallest absolute Gasteiger partial charge is 0.406 e. The zero-order valence-corrected chi connectivity index (χ0v) is 11.2. The van der Waals surface area contributed by atoms with Crippen molar-refractivity contribution in [3.8, 4) is 29.0 Å². The fraction of sp³-hybridized carbons (Fsp3) is 0.0714. The van der Waals surface area contributed by atoms with Gasteiger partial charge in [0, 0.05) is 5.56 Å². The first kappa shape index (κ1) is 15.9. The van der Waals surface area contributed by atoms with E-state index in [1.54, 1.807) is 12.1 Å². The number of hydrogen-bond donors (Lipinski definition) is 2. The lowest BCUT2D eigenvalue weighted by molar-refractivity contribution is -0.274. The van der Waals surface area contributed by atoms with Gasteiger partial charge in [-0.25, -0.2) is 0 Å². The minimum Gasteiger partial charge on any atom is -0.406 e. The van der Waals surface area contributed by atoms with Crippen molar-refractivity contribution in [3.05, 3.63) is 45.7 Å². The summed E-state index contributed by atoms with van der Waals surface area (Å²) in [6, 6.07) is 7.80. The molecule has 0 saturated heterocycles. The van der Waals surface area contributed by atoms with Gasteiger partial charge in [-0.3, -0.25) is 4.79 Å². The van der Waals surface area contributed by atoms with Crippen LogP contribution in [-0.2, 0) is 0 Å². The van der Waals surface area contributed by atoms with E-state index in [-0.39, 0.29) is 28.1 Å². The molecule has 0 fully saturated rings. The van der Waals surface area contributed by atoms with Crippen LogP contribution < -0.4 is 16.0 Å². The first-order valence-electron chi connectivity index (χ1n) is 5.99. The molecule has 0 radical (unpaired) electrons. The molecule has 1 heterocycles. The monoisotopic (exact) mass is 320 g/mol. The molecule has 2 aromatic rings. The Morgan fingerprint density at radius 2 is 1.65 bits per heavy atom. The molecule has 6 nitrogen and oxygen atoms in total. The number of halogens is 3. The van der Waals surface area contributed by atoms with E-state index in [2.05, 4.69) is 9.72 Å². The summed E-state index contributed by atoms with van der Waals surface area (Å²) in [7, 11) is 0. The minimum absolute atomic E-state index is 0.0465. The van der Waals surface area contributed by atoms with Crippen LogP contribution in [-0.4, -0.2) is 11.3 Å². The number of nitriles is 2. The first-order valence-corrected chi connectivity index (χ1v) is 5.99. The van der Waals surface area contributed by atoms with Crippen LogP contribution in [0.1, 0.15) is 11.1 Å². The van der Waals surface area contributed by atoms with E-state index in [1.165, 1.54) is 12.1 Å². The summed E-state index contributed by atoms with van der Waals surface area (Å²) in [5.41, 5.74) is 4.38. The van der Waals surface area contributed by atoms with Gasteiger partial charge in [0.15, 0.2) is 0 Å². The lowest BCUT2D eigenvalue weighted by Crippen LogP contribution is -2.17. The topological polar surface area (TPSA) is 116 Å². The van der Waals surface area contributed by atoms with Crippen molar-refractivity contribution in [1.29, 1.82) is 10.5 Å². The number of ether oxygens (including phenoxy) is 1. The second kappa shape index (κ2) is 5.73. The molecule has 23 heavy (non-hydrogen) atoms. The zero-order chi connectivity index (χ0) is 17.2. The highest BCUT2D eigenvalue weighted by atomic mass is 19.4. The number of nitrogens with one attached hydrogen (secondary N) is 1. The third-order valence-electron chi connectivity index (χ3n) is 2.84. The molecular formula is C14H7F3N4O2. The number of anilines is 1. The van der Waals surface area contributed by atoms with E-state index in [0.29, 0.717) is 0 Å². The number of nitrogen functional groups attached to an aromatic ring is 1. The molecule has 0 spiro atoms. The van der Waals surface area contributed by atoms with Gasteiger partial charge in [0.1, 0.15) is 34.8 Å². The van der Waals surface area contributed by atoms with Crippen molar-refractivity contribution >= 4 is 5.82 Å². The quantitative estimate of drug-likeness (QED) is 0.880. The number of pyridine rings is 1. The third-order valence-corrected chi connectivity index (χ3v) is 2.84.